The van der Waals surface area contributed by atoms with Gasteiger partial charge in [0.1, 0.15) is 11.9 Å². The van der Waals surface area contributed by atoms with Gasteiger partial charge in [-0.25, -0.2) is 4.39 Å². The first kappa shape index (κ1) is 26.5. The smallest absolute Gasteiger partial charge is 0.243 e. The molecule has 174 valence electrons. The van der Waals surface area contributed by atoms with Gasteiger partial charge in [-0.1, -0.05) is 55.2 Å². The summed E-state index contributed by atoms with van der Waals surface area (Å²) in [5, 5.41) is 3.94. The molecular weight excluding hydrogens is 470 g/mol. The van der Waals surface area contributed by atoms with E-state index < -0.39 is 6.04 Å². The highest BCUT2D eigenvalue weighted by atomic mass is 35.5. The summed E-state index contributed by atoms with van der Waals surface area (Å²) in [4.78, 5) is 27.7. The number of carbonyl (C=O) groups is 2. The van der Waals surface area contributed by atoms with Crippen molar-refractivity contribution in [2.24, 2.45) is 0 Å². The van der Waals surface area contributed by atoms with Gasteiger partial charge in [-0.15, -0.1) is 11.8 Å². The van der Waals surface area contributed by atoms with Crippen molar-refractivity contribution in [3.05, 3.63) is 69.5 Å². The number of nitrogens with zero attached hydrogens (tertiary/aromatic N) is 1. The Morgan fingerprint density at radius 3 is 2.28 bits per heavy atom. The summed E-state index contributed by atoms with van der Waals surface area (Å²) in [6.45, 7) is 6.05. The van der Waals surface area contributed by atoms with E-state index in [1.807, 2.05) is 26.8 Å². The van der Waals surface area contributed by atoms with Crippen LogP contribution in [0.5, 0.6) is 0 Å². The van der Waals surface area contributed by atoms with Crippen LogP contribution in [0.1, 0.15) is 44.7 Å². The average molecular weight is 499 g/mol. The molecule has 0 heterocycles. The third-order valence-corrected chi connectivity index (χ3v) is 6.86. The van der Waals surface area contributed by atoms with Crippen molar-refractivity contribution in [1.29, 1.82) is 0 Å². The molecule has 2 aromatic carbocycles. The normalized spacial score (nSPS) is 12.8. The van der Waals surface area contributed by atoms with Gasteiger partial charge >= 0.3 is 0 Å². The molecular formula is C24H29Cl2FN2O2S. The van der Waals surface area contributed by atoms with E-state index in [0.29, 0.717) is 22.2 Å². The zero-order chi connectivity index (χ0) is 23.7. The Balaban J connectivity index is 2.13. The lowest BCUT2D eigenvalue weighted by Gasteiger charge is -2.31. The third-order valence-electron chi connectivity index (χ3n) is 5.13. The molecule has 0 aliphatic carbocycles. The minimum Gasteiger partial charge on any atom is -0.352 e. The van der Waals surface area contributed by atoms with Crippen LogP contribution in [-0.2, 0) is 21.9 Å². The van der Waals surface area contributed by atoms with E-state index in [1.165, 1.54) is 23.9 Å². The summed E-state index contributed by atoms with van der Waals surface area (Å²) in [6, 6.07) is 10.8. The van der Waals surface area contributed by atoms with E-state index in [1.54, 1.807) is 29.2 Å². The monoisotopic (exact) mass is 498 g/mol. The zero-order valence-corrected chi connectivity index (χ0v) is 20.9. The molecule has 0 radical (unpaired) electrons. The highest BCUT2D eigenvalue weighted by Gasteiger charge is 2.29. The van der Waals surface area contributed by atoms with Crippen molar-refractivity contribution in [2.75, 3.05) is 5.75 Å². The van der Waals surface area contributed by atoms with Gasteiger partial charge in [-0.2, -0.15) is 0 Å². The quantitative estimate of drug-likeness (QED) is 0.407. The van der Waals surface area contributed by atoms with Crippen LogP contribution < -0.4 is 5.32 Å². The highest BCUT2D eigenvalue weighted by molar-refractivity contribution is 7.99. The van der Waals surface area contributed by atoms with E-state index in [0.717, 1.165) is 17.5 Å². The highest BCUT2D eigenvalue weighted by Crippen LogP contribution is 2.25. The van der Waals surface area contributed by atoms with Crippen LogP contribution in [0, 0.1) is 5.82 Å². The fraction of sp³-hybridized carbons (Fsp3) is 0.417. The molecule has 0 spiro atoms. The Hall–Kier alpha value is -1.76. The fourth-order valence-electron chi connectivity index (χ4n) is 3.12. The van der Waals surface area contributed by atoms with Gasteiger partial charge in [-0.05, 0) is 55.2 Å². The predicted molar refractivity (Wildman–Crippen MR) is 132 cm³/mol. The van der Waals surface area contributed by atoms with Crippen molar-refractivity contribution >= 4 is 46.8 Å². The summed E-state index contributed by atoms with van der Waals surface area (Å²) in [5.74, 6) is 0.125. The van der Waals surface area contributed by atoms with Crippen LogP contribution in [0.2, 0.25) is 10.0 Å². The van der Waals surface area contributed by atoms with Gasteiger partial charge in [0.2, 0.25) is 11.8 Å². The van der Waals surface area contributed by atoms with Crippen LogP contribution in [0.15, 0.2) is 42.5 Å². The van der Waals surface area contributed by atoms with Crippen molar-refractivity contribution in [3.63, 3.8) is 0 Å². The molecule has 0 bridgehead atoms. The van der Waals surface area contributed by atoms with Crippen molar-refractivity contribution in [2.45, 2.75) is 58.0 Å². The van der Waals surface area contributed by atoms with Crippen molar-refractivity contribution in [3.8, 4) is 0 Å². The minimum absolute atomic E-state index is 0.0170. The molecule has 0 fully saturated rings. The van der Waals surface area contributed by atoms with E-state index >= 15 is 0 Å². The van der Waals surface area contributed by atoms with E-state index in [9.17, 15) is 14.0 Å². The van der Waals surface area contributed by atoms with E-state index in [4.69, 9.17) is 23.2 Å². The number of nitrogens with one attached hydrogen (secondary N) is 1. The summed E-state index contributed by atoms with van der Waals surface area (Å²) in [7, 11) is 0. The van der Waals surface area contributed by atoms with Gasteiger partial charge in [0, 0.05) is 18.3 Å². The first-order valence-corrected chi connectivity index (χ1v) is 12.5. The maximum absolute atomic E-state index is 13.3. The second-order valence-corrected chi connectivity index (χ2v) is 9.43. The van der Waals surface area contributed by atoms with Gasteiger partial charge in [0.05, 0.1) is 15.8 Å². The van der Waals surface area contributed by atoms with Crippen LogP contribution in [0.25, 0.3) is 0 Å². The third kappa shape index (κ3) is 7.98. The van der Waals surface area contributed by atoms with Crippen molar-refractivity contribution in [1.82, 2.24) is 10.2 Å². The number of rotatable bonds is 11. The lowest BCUT2D eigenvalue weighted by molar-refractivity contribution is -0.139. The topological polar surface area (TPSA) is 49.4 Å². The molecule has 2 amide bonds. The second-order valence-electron chi connectivity index (χ2n) is 7.63. The number of amides is 2. The van der Waals surface area contributed by atoms with Gasteiger partial charge in [0.15, 0.2) is 0 Å². The lowest BCUT2D eigenvalue weighted by Crippen LogP contribution is -2.51. The maximum Gasteiger partial charge on any atom is 0.243 e. The average Bonchev–Trinajstić information content (AvgIpc) is 2.77. The molecule has 0 saturated carbocycles. The molecule has 2 atom stereocenters. The molecule has 0 aliphatic rings. The van der Waals surface area contributed by atoms with E-state index in [-0.39, 0.29) is 36.0 Å². The SMILES string of the molecule is CC[C@@H](C)NC(=O)[C@@H](CC)N(Cc1ccc(F)cc1)C(=O)CSCc1ccc(Cl)c(Cl)c1. The lowest BCUT2D eigenvalue weighted by atomic mass is 10.1. The summed E-state index contributed by atoms with van der Waals surface area (Å²) in [6.07, 6.45) is 1.28. The largest absolute Gasteiger partial charge is 0.352 e. The maximum atomic E-state index is 13.3. The molecule has 2 aromatic rings. The molecule has 0 unspecified atom stereocenters. The van der Waals surface area contributed by atoms with Crippen molar-refractivity contribution < 1.29 is 14.0 Å². The summed E-state index contributed by atoms with van der Waals surface area (Å²) >= 11 is 13.5. The van der Waals surface area contributed by atoms with E-state index in [2.05, 4.69) is 5.32 Å². The molecule has 0 aliphatic heterocycles. The number of carbonyl (C=O) groups excluding carboxylic acids is 2. The first-order chi connectivity index (χ1) is 15.2. The Bertz CT molecular complexity index is 911. The minimum atomic E-state index is -0.605. The van der Waals surface area contributed by atoms with Crippen LogP contribution in [-0.4, -0.2) is 34.6 Å². The fourth-order valence-corrected chi connectivity index (χ4v) is 4.29. The number of thioether (sulfide) groups is 1. The number of halogens is 3. The number of hydrogen-bond donors (Lipinski definition) is 1. The summed E-state index contributed by atoms with van der Waals surface area (Å²) in [5.41, 5.74) is 1.73. The zero-order valence-electron chi connectivity index (χ0n) is 18.5. The predicted octanol–water partition coefficient (Wildman–Crippen LogP) is 6.09. The number of benzene rings is 2. The Labute approximate surface area is 203 Å². The van der Waals surface area contributed by atoms with Gasteiger partial charge in [-0.3, -0.25) is 9.59 Å². The molecule has 4 nitrogen and oxygen atoms in total. The Kier molecular flexibility index (Phi) is 10.8. The molecule has 0 saturated heterocycles. The van der Waals surface area contributed by atoms with Crippen LogP contribution in [0.4, 0.5) is 4.39 Å². The van der Waals surface area contributed by atoms with Gasteiger partial charge < -0.3 is 10.2 Å². The van der Waals surface area contributed by atoms with Gasteiger partial charge in [0.25, 0.3) is 0 Å². The number of hydrogen-bond acceptors (Lipinski definition) is 3. The summed E-state index contributed by atoms with van der Waals surface area (Å²) < 4.78 is 13.3. The standard InChI is InChI=1S/C24H29Cl2FN2O2S/c1-4-16(3)28-24(31)22(5-2)29(13-17-6-9-19(27)10-7-17)23(30)15-32-14-18-8-11-20(25)21(26)12-18/h6-12,16,22H,4-5,13-15H2,1-3H3,(H,28,31)/t16-,22-/m1/s1. The molecule has 2 rings (SSSR count). The Morgan fingerprint density at radius 1 is 1.03 bits per heavy atom. The molecule has 8 heteroatoms. The Morgan fingerprint density at radius 2 is 1.69 bits per heavy atom. The molecule has 1 N–H and O–H groups in total. The molecule has 32 heavy (non-hydrogen) atoms. The molecule has 0 aromatic heterocycles. The second kappa shape index (κ2) is 13.1. The first-order valence-electron chi connectivity index (χ1n) is 10.6. The van der Waals surface area contributed by atoms with Crippen LogP contribution in [0.3, 0.4) is 0 Å². The van der Waals surface area contributed by atoms with Crippen LogP contribution >= 0.6 is 35.0 Å².